The Morgan fingerprint density at radius 3 is 2.33 bits per heavy atom. The fraction of sp³-hybridized carbons (Fsp3) is 0.0476. The molecule has 0 atom stereocenters. The number of nitrogens with zero attached hydrogens (tertiary/aromatic N) is 5. The number of hydrogen-bond acceptors (Lipinski definition) is 6. The standard InChI is InChI=1S/C21H14ClN5O3/c1-29-17-8-6-16(7-9-17)27-21(28)26-11-10-14(12-18(26)25-27)20-24-23-19(30-20)13-2-4-15(22)5-3-13/h2-12H,1H3. The summed E-state index contributed by atoms with van der Waals surface area (Å²) < 4.78 is 13.7. The molecule has 0 bridgehead atoms. The second-order valence-electron chi connectivity index (χ2n) is 6.46. The number of rotatable bonds is 4. The highest BCUT2D eigenvalue weighted by Gasteiger charge is 2.14. The highest BCUT2D eigenvalue weighted by molar-refractivity contribution is 6.30. The third kappa shape index (κ3) is 3.13. The van der Waals surface area contributed by atoms with Crippen LogP contribution in [0, 0.1) is 0 Å². The van der Waals surface area contributed by atoms with Gasteiger partial charge in [-0.2, -0.15) is 4.68 Å². The minimum Gasteiger partial charge on any atom is -0.497 e. The third-order valence-corrected chi connectivity index (χ3v) is 4.86. The average Bonchev–Trinajstić information content (AvgIpc) is 3.39. The Balaban J connectivity index is 1.52. The molecule has 0 N–H and O–H groups in total. The van der Waals surface area contributed by atoms with Crippen LogP contribution in [-0.4, -0.2) is 31.5 Å². The van der Waals surface area contributed by atoms with Crippen molar-refractivity contribution in [2.24, 2.45) is 0 Å². The van der Waals surface area contributed by atoms with E-state index in [9.17, 15) is 4.79 Å². The molecular formula is C21H14ClN5O3. The molecule has 0 aliphatic rings. The minimum atomic E-state index is -0.283. The fourth-order valence-electron chi connectivity index (χ4n) is 3.05. The maximum Gasteiger partial charge on any atom is 0.355 e. The second kappa shape index (κ2) is 7.16. The monoisotopic (exact) mass is 419 g/mol. The molecule has 0 unspecified atom stereocenters. The van der Waals surface area contributed by atoms with Crippen molar-refractivity contribution in [3.8, 4) is 34.3 Å². The van der Waals surface area contributed by atoms with Gasteiger partial charge in [0, 0.05) is 22.3 Å². The molecule has 5 rings (SSSR count). The van der Waals surface area contributed by atoms with Crippen LogP contribution in [0.5, 0.6) is 5.75 Å². The van der Waals surface area contributed by atoms with E-state index in [1.807, 2.05) is 0 Å². The molecule has 2 aromatic carbocycles. The van der Waals surface area contributed by atoms with E-state index < -0.39 is 0 Å². The smallest absolute Gasteiger partial charge is 0.355 e. The van der Waals surface area contributed by atoms with Gasteiger partial charge in [-0.1, -0.05) is 11.6 Å². The van der Waals surface area contributed by atoms with Gasteiger partial charge in [0.25, 0.3) is 0 Å². The number of fused-ring (bicyclic) bond motifs is 1. The van der Waals surface area contributed by atoms with Crippen molar-refractivity contribution in [2.75, 3.05) is 7.11 Å². The summed E-state index contributed by atoms with van der Waals surface area (Å²) in [5.41, 5.74) is 2.23. The summed E-state index contributed by atoms with van der Waals surface area (Å²) in [5, 5.41) is 13.3. The Hall–Kier alpha value is -3.91. The predicted octanol–water partition coefficient (Wildman–Crippen LogP) is 3.86. The van der Waals surface area contributed by atoms with Gasteiger partial charge in [-0.05, 0) is 60.7 Å². The zero-order valence-electron chi connectivity index (χ0n) is 15.7. The number of methoxy groups -OCH3 is 1. The van der Waals surface area contributed by atoms with Crippen molar-refractivity contribution in [3.05, 3.63) is 82.4 Å². The van der Waals surface area contributed by atoms with E-state index in [4.69, 9.17) is 20.8 Å². The largest absolute Gasteiger partial charge is 0.497 e. The van der Waals surface area contributed by atoms with Gasteiger partial charge in [0.2, 0.25) is 11.8 Å². The van der Waals surface area contributed by atoms with Crippen molar-refractivity contribution < 1.29 is 9.15 Å². The van der Waals surface area contributed by atoms with Gasteiger partial charge in [0.15, 0.2) is 5.65 Å². The first-order valence-electron chi connectivity index (χ1n) is 8.98. The fourth-order valence-corrected chi connectivity index (χ4v) is 3.17. The summed E-state index contributed by atoms with van der Waals surface area (Å²) >= 11 is 5.92. The van der Waals surface area contributed by atoms with Crippen LogP contribution in [0.4, 0.5) is 0 Å². The zero-order valence-corrected chi connectivity index (χ0v) is 16.4. The summed E-state index contributed by atoms with van der Waals surface area (Å²) in [7, 11) is 1.59. The first-order chi connectivity index (χ1) is 14.6. The van der Waals surface area contributed by atoms with Gasteiger partial charge >= 0.3 is 5.69 Å². The maximum atomic E-state index is 12.7. The minimum absolute atomic E-state index is 0.283. The van der Waals surface area contributed by atoms with Crippen LogP contribution in [0.15, 0.2) is 76.1 Å². The van der Waals surface area contributed by atoms with E-state index in [0.717, 1.165) is 5.56 Å². The third-order valence-electron chi connectivity index (χ3n) is 4.60. The van der Waals surface area contributed by atoms with Crippen molar-refractivity contribution in [2.45, 2.75) is 0 Å². The van der Waals surface area contributed by atoms with Crippen molar-refractivity contribution in [3.63, 3.8) is 0 Å². The van der Waals surface area contributed by atoms with E-state index in [0.29, 0.717) is 39.5 Å². The second-order valence-corrected chi connectivity index (χ2v) is 6.89. The lowest BCUT2D eigenvalue weighted by Gasteiger charge is -2.01. The molecule has 3 aromatic heterocycles. The number of aromatic nitrogens is 5. The van der Waals surface area contributed by atoms with E-state index in [2.05, 4.69) is 15.3 Å². The van der Waals surface area contributed by atoms with Crippen LogP contribution < -0.4 is 10.4 Å². The lowest BCUT2D eigenvalue weighted by Crippen LogP contribution is -2.19. The Labute approximate surface area is 174 Å². The van der Waals surface area contributed by atoms with Gasteiger partial charge in [0.05, 0.1) is 12.8 Å². The molecule has 148 valence electrons. The van der Waals surface area contributed by atoms with E-state index in [-0.39, 0.29) is 5.69 Å². The van der Waals surface area contributed by atoms with Gasteiger partial charge in [0.1, 0.15) is 5.75 Å². The van der Waals surface area contributed by atoms with E-state index in [1.165, 1.54) is 9.08 Å². The van der Waals surface area contributed by atoms with E-state index in [1.54, 1.807) is 74.0 Å². The molecule has 3 heterocycles. The van der Waals surface area contributed by atoms with Gasteiger partial charge in [-0.15, -0.1) is 15.3 Å². The SMILES string of the molecule is COc1ccc(-n2nc3cc(-c4nnc(-c5ccc(Cl)cc5)o4)ccn3c2=O)cc1. The predicted molar refractivity (Wildman–Crippen MR) is 111 cm³/mol. The Morgan fingerprint density at radius 2 is 1.63 bits per heavy atom. The molecule has 0 aliphatic heterocycles. The summed E-state index contributed by atoms with van der Waals surface area (Å²) in [6.07, 6.45) is 1.63. The van der Waals surface area contributed by atoms with Crippen LogP contribution in [0.25, 0.3) is 34.2 Å². The molecule has 0 saturated carbocycles. The normalized spacial score (nSPS) is 11.1. The van der Waals surface area contributed by atoms with Crippen molar-refractivity contribution in [1.82, 2.24) is 24.4 Å². The lowest BCUT2D eigenvalue weighted by molar-refractivity contribution is 0.414. The number of pyridine rings is 1. The number of benzene rings is 2. The van der Waals surface area contributed by atoms with Gasteiger partial charge in [-0.3, -0.25) is 0 Å². The molecule has 0 radical (unpaired) electrons. The highest BCUT2D eigenvalue weighted by atomic mass is 35.5. The van der Waals surface area contributed by atoms with Crippen LogP contribution in [0.2, 0.25) is 5.02 Å². The number of hydrogen-bond donors (Lipinski definition) is 0. The molecule has 0 spiro atoms. The van der Waals surface area contributed by atoms with Crippen LogP contribution in [-0.2, 0) is 0 Å². The molecule has 5 aromatic rings. The van der Waals surface area contributed by atoms with Crippen LogP contribution >= 0.6 is 11.6 Å². The summed E-state index contributed by atoms with van der Waals surface area (Å²) in [4.78, 5) is 12.7. The molecular weight excluding hydrogens is 406 g/mol. The van der Waals surface area contributed by atoms with Gasteiger partial charge < -0.3 is 9.15 Å². The zero-order chi connectivity index (χ0) is 20.7. The number of halogens is 1. The maximum absolute atomic E-state index is 12.7. The van der Waals surface area contributed by atoms with E-state index >= 15 is 0 Å². The van der Waals surface area contributed by atoms with Crippen LogP contribution in [0.3, 0.4) is 0 Å². The first kappa shape index (κ1) is 18.1. The summed E-state index contributed by atoms with van der Waals surface area (Å²) in [6.45, 7) is 0. The Kier molecular flexibility index (Phi) is 4.33. The molecule has 30 heavy (non-hydrogen) atoms. The molecule has 0 aliphatic carbocycles. The molecule has 0 saturated heterocycles. The Morgan fingerprint density at radius 1 is 0.933 bits per heavy atom. The molecule has 0 amide bonds. The topological polar surface area (TPSA) is 87.4 Å². The Bertz CT molecular complexity index is 1400. The number of ether oxygens (including phenoxy) is 1. The highest BCUT2D eigenvalue weighted by Crippen LogP contribution is 2.25. The molecule has 9 heteroatoms. The van der Waals surface area contributed by atoms with Crippen LogP contribution in [0.1, 0.15) is 0 Å². The first-order valence-corrected chi connectivity index (χ1v) is 9.36. The van der Waals surface area contributed by atoms with Crippen molar-refractivity contribution >= 4 is 17.2 Å². The summed E-state index contributed by atoms with van der Waals surface area (Å²) in [5.74, 6) is 1.40. The van der Waals surface area contributed by atoms with Crippen molar-refractivity contribution in [1.29, 1.82) is 0 Å². The quantitative estimate of drug-likeness (QED) is 0.439. The summed E-state index contributed by atoms with van der Waals surface area (Å²) in [6, 6.07) is 17.7. The molecule has 0 fully saturated rings. The lowest BCUT2D eigenvalue weighted by atomic mass is 10.2. The van der Waals surface area contributed by atoms with Gasteiger partial charge in [-0.25, -0.2) is 9.20 Å². The average molecular weight is 420 g/mol. The molecule has 8 nitrogen and oxygen atoms in total.